The zero-order valence-electron chi connectivity index (χ0n) is 14.7. The van der Waals surface area contributed by atoms with Crippen molar-refractivity contribution in [3.8, 4) is 5.75 Å². The van der Waals surface area contributed by atoms with Crippen molar-refractivity contribution in [1.82, 2.24) is 0 Å². The smallest absolute Gasteiger partial charge is 0.115 e. The normalized spacial score (nSPS) is 15.3. The predicted octanol–water partition coefficient (Wildman–Crippen LogP) is 3.23. The van der Waals surface area contributed by atoms with Gasteiger partial charge in [0.15, 0.2) is 0 Å². The Morgan fingerprint density at radius 2 is 1.62 bits per heavy atom. The third kappa shape index (κ3) is 5.56. The molecule has 0 bridgehead atoms. The fourth-order valence-corrected chi connectivity index (χ4v) is 2.91. The average Bonchev–Trinajstić information content (AvgIpc) is 2.67. The third-order valence-electron chi connectivity index (χ3n) is 4.44. The Morgan fingerprint density at radius 3 is 2.19 bits per heavy atom. The quantitative estimate of drug-likeness (QED) is 0.412. The van der Waals surface area contributed by atoms with Crippen molar-refractivity contribution in [2.75, 3.05) is 6.61 Å². The molecule has 0 unspecified atom stereocenters. The number of aliphatic hydroxyl groups is 3. The first-order chi connectivity index (χ1) is 12.5. The number of hydrogen-bond donors (Lipinski definition) is 4. The molecule has 2 aromatic carbocycles. The summed E-state index contributed by atoms with van der Waals surface area (Å²) < 4.78 is 0. The van der Waals surface area contributed by atoms with E-state index in [0.717, 1.165) is 16.7 Å². The van der Waals surface area contributed by atoms with Gasteiger partial charge in [0, 0.05) is 5.92 Å². The molecule has 4 nitrogen and oxygen atoms in total. The molecule has 0 fully saturated rings. The minimum atomic E-state index is -1.02. The van der Waals surface area contributed by atoms with E-state index in [0.29, 0.717) is 12.8 Å². The van der Waals surface area contributed by atoms with E-state index in [9.17, 15) is 15.3 Å². The molecule has 0 radical (unpaired) electrons. The van der Waals surface area contributed by atoms with Gasteiger partial charge in [-0.3, -0.25) is 0 Å². The molecule has 0 saturated heterocycles. The monoisotopic (exact) mass is 354 g/mol. The fourth-order valence-electron chi connectivity index (χ4n) is 2.91. The van der Waals surface area contributed by atoms with Crippen molar-refractivity contribution < 1.29 is 20.4 Å². The van der Waals surface area contributed by atoms with Gasteiger partial charge in [0.25, 0.3) is 0 Å². The number of allylic oxidation sites excluding steroid dienone is 1. The summed E-state index contributed by atoms with van der Waals surface area (Å²) in [6.07, 6.45) is 2.69. The van der Waals surface area contributed by atoms with Gasteiger partial charge in [-0.15, -0.1) is 6.58 Å². The molecule has 26 heavy (non-hydrogen) atoms. The van der Waals surface area contributed by atoms with Crippen molar-refractivity contribution in [2.45, 2.75) is 25.0 Å². The lowest BCUT2D eigenvalue weighted by Gasteiger charge is -2.24. The lowest BCUT2D eigenvalue weighted by atomic mass is 9.90. The van der Waals surface area contributed by atoms with Gasteiger partial charge in [0.05, 0.1) is 18.8 Å². The standard InChI is InChI=1S/C22H26O4/c1-2-20(22(26)15-23)21(25)13-10-18(17-6-4-3-5-7-17)14-16-8-11-19(24)12-9-16/h2-9,11-12,14,20-26H,1,10,13,15H2/b18-14-/t20-,21-,22-/m1/s1. The second kappa shape index (κ2) is 9.92. The Morgan fingerprint density at radius 1 is 0.962 bits per heavy atom. The summed E-state index contributed by atoms with van der Waals surface area (Å²) in [4.78, 5) is 0. The SMILES string of the molecule is C=C[C@@H]([C@H](O)CO)[C@H](O)CC/C(=C/c1ccc(O)cc1)c1ccccc1. The summed E-state index contributed by atoms with van der Waals surface area (Å²) in [6.45, 7) is 3.23. The van der Waals surface area contributed by atoms with Crippen LogP contribution in [0.15, 0.2) is 67.3 Å². The predicted molar refractivity (Wildman–Crippen MR) is 104 cm³/mol. The summed E-state index contributed by atoms with van der Waals surface area (Å²) in [5.41, 5.74) is 3.04. The number of aliphatic hydroxyl groups excluding tert-OH is 3. The summed E-state index contributed by atoms with van der Waals surface area (Å²) in [6, 6.07) is 16.8. The Hall–Kier alpha value is -2.40. The van der Waals surface area contributed by atoms with Gasteiger partial charge in [-0.1, -0.05) is 54.6 Å². The lowest BCUT2D eigenvalue weighted by molar-refractivity contribution is 0.00257. The molecule has 0 aliphatic heterocycles. The highest BCUT2D eigenvalue weighted by atomic mass is 16.3. The first kappa shape index (κ1) is 19.9. The molecule has 2 rings (SSSR count). The maximum Gasteiger partial charge on any atom is 0.115 e. The number of hydrogen-bond acceptors (Lipinski definition) is 4. The van der Waals surface area contributed by atoms with Gasteiger partial charge < -0.3 is 20.4 Å². The lowest BCUT2D eigenvalue weighted by Crippen LogP contribution is -2.32. The third-order valence-corrected chi connectivity index (χ3v) is 4.44. The van der Waals surface area contributed by atoms with Gasteiger partial charge in [-0.25, -0.2) is 0 Å². The number of benzene rings is 2. The topological polar surface area (TPSA) is 80.9 Å². The zero-order valence-corrected chi connectivity index (χ0v) is 14.7. The van der Waals surface area contributed by atoms with Crippen LogP contribution in [0.1, 0.15) is 24.0 Å². The molecular weight excluding hydrogens is 328 g/mol. The molecule has 0 aromatic heterocycles. The summed E-state index contributed by atoms with van der Waals surface area (Å²) >= 11 is 0. The summed E-state index contributed by atoms with van der Waals surface area (Å²) in [7, 11) is 0. The fraction of sp³-hybridized carbons (Fsp3) is 0.273. The van der Waals surface area contributed by atoms with Crippen LogP contribution in [0.25, 0.3) is 11.6 Å². The number of phenolic OH excluding ortho intramolecular Hbond substituents is 1. The van der Waals surface area contributed by atoms with E-state index >= 15 is 0 Å². The van der Waals surface area contributed by atoms with Crippen molar-refractivity contribution in [1.29, 1.82) is 0 Å². The first-order valence-electron chi connectivity index (χ1n) is 8.69. The molecule has 0 aliphatic rings. The molecule has 0 spiro atoms. The van der Waals surface area contributed by atoms with Crippen LogP contribution in [0.2, 0.25) is 0 Å². The van der Waals surface area contributed by atoms with E-state index in [4.69, 9.17) is 5.11 Å². The molecule has 4 N–H and O–H groups in total. The van der Waals surface area contributed by atoms with Crippen LogP contribution < -0.4 is 0 Å². The van der Waals surface area contributed by atoms with E-state index in [1.54, 1.807) is 12.1 Å². The Kier molecular flexibility index (Phi) is 7.60. The average molecular weight is 354 g/mol. The van der Waals surface area contributed by atoms with Gasteiger partial charge in [-0.2, -0.15) is 0 Å². The molecule has 3 atom stereocenters. The Bertz CT molecular complexity index is 707. The van der Waals surface area contributed by atoms with Gasteiger partial charge >= 0.3 is 0 Å². The van der Waals surface area contributed by atoms with Crippen LogP contribution in [0, 0.1) is 5.92 Å². The van der Waals surface area contributed by atoms with E-state index in [1.807, 2.05) is 48.5 Å². The highest BCUT2D eigenvalue weighted by Crippen LogP contribution is 2.26. The number of aromatic hydroxyl groups is 1. The molecule has 0 aliphatic carbocycles. The van der Waals surface area contributed by atoms with Crippen LogP contribution in [0.5, 0.6) is 5.75 Å². The maximum atomic E-state index is 10.4. The minimum absolute atomic E-state index is 0.214. The molecule has 0 saturated carbocycles. The van der Waals surface area contributed by atoms with Crippen molar-refractivity contribution in [2.24, 2.45) is 5.92 Å². The zero-order chi connectivity index (χ0) is 18.9. The summed E-state index contributed by atoms with van der Waals surface area (Å²) in [5.74, 6) is -0.364. The van der Waals surface area contributed by atoms with Crippen LogP contribution in [-0.2, 0) is 0 Å². The summed E-state index contributed by atoms with van der Waals surface area (Å²) in [5, 5.41) is 38.8. The van der Waals surface area contributed by atoms with Crippen LogP contribution in [0.4, 0.5) is 0 Å². The molecular formula is C22H26O4. The van der Waals surface area contributed by atoms with Crippen LogP contribution in [-0.4, -0.2) is 39.2 Å². The maximum absolute atomic E-state index is 10.4. The second-order valence-electron chi connectivity index (χ2n) is 6.30. The van der Waals surface area contributed by atoms with E-state index in [2.05, 4.69) is 6.58 Å². The van der Waals surface area contributed by atoms with Crippen molar-refractivity contribution in [3.63, 3.8) is 0 Å². The van der Waals surface area contributed by atoms with Gasteiger partial charge in [0.2, 0.25) is 0 Å². The number of phenols is 1. The molecule has 0 amide bonds. The highest BCUT2D eigenvalue weighted by molar-refractivity contribution is 5.81. The highest BCUT2D eigenvalue weighted by Gasteiger charge is 2.23. The van der Waals surface area contributed by atoms with Crippen LogP contribution in [0.3, 0.4) is 0 Å². The van der Waals surface area contributed by atoms with Crippen molar-refractivity contribution >= 4 is 11.6 Å². The van der Waals surface area contributed by atoms with Crippen LogP contribution >= 0.6 is 0 Å². The Balaban J connectivity index is 2.20. The van der Waals surface area contributed by atoms with Gasteiger partial charge in [0.1, 0.15) is 5.75 Å². The largest absolute Gasteiger partial charge is 0.508 e. The molecule has 138 valence electrons. The molecule has 2 aromatic rings. The first-order valence-corrected chi connectivity index (χ1v) is 8.69. The molecule has 4 heteroatoms. The van der Waals surface area contributed by atoms with Crippen molar-refractivity contribution in [3.05, 3.63) is 78.4 Å². The number of rotatable bonds is 9. The second-order valence-corrected chi connectivity index (χ2v) is 6.30. The minimum Gasteiger partial charge on any atom is -0.508 e. The Labute approximate surface area is 154 Å². The van der Waals surface area contributed by atoms with Gasteiger partial charge in [-0.05, 0) is 41.7 Å². The van der Waals surface area contributed by atoms with E-state index < -0.39 is 24.7 Å². The van der Waals surface area contributed by atoms with E-state index in [-0.39, 0.29) is 5.75 Å². The molecule has 0 heterocycles. The van der Waals surface area contributed by atoms with E-state index in [1.165, 1.54) is 6.08 Å².